The molecule has 1 unspecified atom stereocenters. The number of rotatable bonds is 11. The van der Waals surface area contributed by atoms with Crippen LogP contribution in [0.2, 0.25) is 0 Å². The smallest absolute Gasteiger partial charge is 0.410 e. The van der Waals surface area contributed by atoms with E-state index in [4.69, 9.17) is 14.5 Å². The molecule has 1 atom stereocenters. The first-order chi connectivity index (χ1) is 16.8. The molecule has 2 N–H and O–H groups in total. The van der Waals surface area contributed by atoms with Gasteiger partial charge in [-0.05, 0) is 70.1 Å². The van der Waals surface area contributed by atoms with Crippen LogP contribution in [0.1, 0.15) is 69.8 Å². The summed E-state index contributed by atoms with van der Waals surface area (Å²) < 4.78 is 10.8. The van der Waals surface area contributed by atoms with E-state index < -0.39 is 5.60 Å². The molecule has 0 aromatic carbocycles. The number of ether oxygens (including phenoxy) is 2. The number of carbonyl (C=O) groups excluding carboxylic acids is 1. The molecule has 0 spiro atoms. The van der Waals surface area contributed by atoms with Crippen LogP contribution in [0.15, 0.2) is 30.5 Å². The van der Waals surface area contributed by atoms with Gasteiger partial charge in [0.25, 0.3) is 0 Å². The van der Waals surface area contributed by atoms with Gasteiger partial charge in [-0.1, -0.05) is 19.1 Å². The SMILES string of the molecule is CCC(NCCN(CCCc1ccc2c(n1)NCCC2)C(=O)OC(C)(C)C)c1ccc(OC)nc1. The molecule has 0 aliphatic carbocycles. The summed E-state index contributed by atoms with van der Waals surface area (Å²) in [6, 6.07) is 8.34. The maximum absolute atomic E-state index is 12.9. The highest BCUT2D eigenvalue weighted by atomic mass is 16.6. The van der Waals surface area contributed by atoms with Gasteiger partial charge in [0.2, 0.25) is 5.88 Å². The lowest BCUT2D eigenvalue weighted by atomic mass is 10.1. The Morgan fingerprint density at radius 3 is 2.74 bits per heavy atom. The third-order valence-corrected chi connectivity index (χ3v) is 6.02. The number of aromatic nitrogens is 2. The molecule has 2 aromatic heterocycles. The Labute approximate surface area is 209 Å². The number of carbonyl (C=O) groups is 1. The third-order valence-electron chi connectivity index (χ3n) is 6.02. The number of hydrogen-bond donors (Lipinski definition) is 2. The number of pyridine rings is 2. The highest BCUT2D eigenvalue weighted by molar-refractivity contribution is 5.68. The summed E-state index contributed by atoms with van der Waals surface area (Å²) >= 11 is 0. The van der Waals surface area contributed by atoms with Crippen molar-refractivity contribution < 1.29 is 14.3 Å². The molecule has 3 rings (SSSR count). The topological polar surface area (TPSA) is 88.6 Å². The van der Waals surface area contributed by atoms with Crippen molar-refractivity contribution in [1.82, 2.24) is 20.2 Å². The number of hydrogen-bond acceptors (Lipinski definition) is 7. The van der Waals surface area contributed by atoms with E-state index in [1.165, 1.54) is 5.56 Å². The van der Waals surface area contributed by atoms with Gasteiger partial charge in [0.15, 0.2) is 0 Å². The summed E-state index contributed by atoms with van der Waals surface area (Å²) in [5.74, 6) is 1.62. The van der Waals surface area contributed by atoms with Crippen LogP contribution >= 0.6 is 0 Å². The lowest BCUT2D eigenvalue weighted by Gasteiger charge is -2.28. The zero-order valence-electron chi connectivity index (χ0n) is 21.9. The summed E-state index contributed by atoms with van der Waals surface area (Å²) in [6.45, 7) is 10.6. The van der Waals surface area contributed by atoms with Gasteiger partial charge in [-0.3, -0.25) is 0 Å². The fraction of sp³-hybridized carbons (Fsp3) is 0.593. The molecule has 1 amide bonds. The standard InChI is InChI=1S/C27H41N5O3/c1-6-23(21-12-14-24(34-5)30-19-21)28-16-18-32(26(33)35-27(2,3)4)17-8-10-22-13-11-20-9-7-15-29-25(20)31-22/h11-14,19,23,28H,6-10,15-18H2,1-5H3,(H,29,31). The van der Waals surface area contributed by atoms with E-state index in [0.717, 1.165) is 55.7 Å². The van der Waals surface area contributed by atoms with E-state index in [9.17, 15) is 4.79 Å². The fourth-order valence-corrected chi connectivity index (χ4v) is 4.17. The largest absolute Gasteiger partial charge is 0.481 e. The average molecular weight is 484 g/mol. The zero-order valence-corrected chi connectivity index (χ0v) is 21.9. The Hall–Kier alpha value is -2.87. The molecule has 0 saturated heterocycles. The number of nitrogens with one attached hydrogen (secondary N) is 2. The van der Waals surface area contributed by atoms with Crippen molar-refractivity contribution in [1.29, 1.82) is 0 Å². The molecule has 192 valence electrons. The summed E-state index contributed by atoms with van der Waals surface area (Å²) in [4.78, 5) is 23.8. The van der Waals surface area contributed by atoms with E-state index in [2.05, 4.69) is 34.7 Å². The van der Waals surface area contributed by atoms with Crippen molar-refractivity contribution in [3.05, 3.63) is 47.3 Å². The first-order valence-corrected chi connectivity index (χ1v) is 12.7. The summed E-state index contributed by atoms with van der Waals surface area (Å²) in [6.07, 6.45) is 6.35. The highest BCUT2D eigenvalue weighted by Gasteiger charge is 2.22. The molecule has 0 radical (unpaired) electrons. The van der Waals surface area contributed by atoms with Crippen LogP contribution in [0, 0.1) is 0 Å². The number of aryl methyl sites for hydroxylation is 2. The second-order valence-corrected chi connectivity index (χ2v) is 9.96. The van der Waals surface area contributed by atoms with Gasteiger partial charge in [-0.2, -0.15) is 0 Å². The molecular weight excluding hydrogens is 442 g/mol. The van der Waals surface area contributed by atoms with Gasteiger partial charge in [-0.15, -0.1) is 0 Å². The van der Waals surface area contributed by atoms with Crippen molar-refractivity contribution in [2.24, 2.45) is 0 Å². The molecule has 3 heterocycles. The molecule has 8 nitrogen and oxygen atoms in total. The first kappa shape index (κ1) is 26.7. The molecule has 0 fully saturated rings. The molecule has 35 heavy (non-hydrogen) atoms. The zero-order chi connectivity index (χ0) is 25.3. The Bertz CT molecular complexity index is 943. The third kappa shape index (κ3) is 8.38. The van der Waals surface area contributed by atoms with Crippen LogP contribution in [0.4, 0.5) is 10.6 Å². The number of anilines is 1. The first-order valence-electron chi connectivity index (χ1n) is 12.7. The number of methoxy groups -OCH3 is 1. The van der Waals surface area contributed by atoms with Crippen molar-refractivity contribution in [3.8, 4) is 5.88 Å². The summed E-state index contributed by atoms with van der Waals surface area (Å²) in [5.41, 5.74) is 2.91. The Kier molecular flexibility index (Phi) is 9.72. The van der Waals surface area contributed by atoms with Gasteiger partial charge >= 0.3 is 6.09 Å². The van der Waals surface area contributed by atoms with E-state index in [-0.39, 0.29) is 12.1 Å². The Morgan fingerprint density at radius 2 is 2.06 bits per heavy atom. The van der Waals surface area contributed by atoms with Gasteiger partial charge in [0.05, 0.1) is 7.11 Å². The maximum atomic E-state index is 12.9. The lowest BCUT2D eigenvalue weighted by Crippen LogP contribution is -2.41. The van der Waals surface area contributed by atoms with Crippen molar-refractivity contribution in [2.45, 2.75) is 71.4 Å². The van der Waals surface area contributed by atoms with E-state index in [0.29, 0.717) is 25.5 Å². The van der Waals surface area contributed by atoms with Crippen LogP contribution in [-0.4, -0.2) is 59.9 Å². The van der Waals surface area contributed by atoms with Crippen molar-refractivity contribution in [3.63, 3.8) is 0 Å². The predicted octanol–water partition coefficient (Wildman–Crippen LogP) is 4.75. The molecule has 8 heteroatoms. The molecule has 0 saturated carbocycles. The van der Waals surface area contributed by atoms with Crippen LogP contribution in [0.3, 0.4) is 0 Å². The fourth-order valence-electron chi connectivity index (χ4n) is 4.17. The van der Waals surface area contributed by atoms with Gasteiger partial charge < -0.3 is 25.0 Å². The van der Waals surface area contributed by atoms with Gasteiger partial charge in [0, 0.05) is 50.2 Å². The Balaban J connectivity index is 1.56. The summed E-state index contributed by atoms with van der Waals surface area (Å²) in [5, 5.41) is 6.96. The molecule has 1 aliphatic heterocycles. The van der Waals surface area contributed by atoms with Crippen LogP contribution in [0.25, 0.3) is 0 Å². The minimum Gasteiger partial charge on any atom is -0.481 e. The van der Waals surface area contributed by atoms with Crippen LogP contribution in [-0.2, 0) is 17.6 Å². The van der Waals surface area contributed by atoms with Crippen molar-refractivity contribution >= 4 is 11.9 Å². The number of nitrogens with zero attached hydrogens (tertiary/aromatic N) is 3. The molecular formula is C27H41N5O3. The molecule has 2 aromatic rings. The van der Waals surface area contributed by atoms with Crippen LogP contribution in [0.5, 0.6) is 5.88 Å². The monoisotopic (exact) mass is 483 g/mol. The Morgan fingerprint density at radius 1 is 1.23 bits per heavy atom. The number of fused-ring (bicyclic) bond motifs is 1. The maximum Gasteiger partial charge on any atom is 0.410 e. The second-order valence-electron chi connectivity index (χ2n) is 9.96. The summed E-state index contributed by atoms with van der Waals surface area (Å²) in [7, 11) is 1.61. The normalized spacial score (nSPS) is 14.0. The van der Waals surface area contributed by atoms with E-state index >= 15 is 0 Å². The lowest BCUT2D eigenvalue weighted by molar-refractivity contribution is 0.0248. The quantitative estimate of drug-likeness (QED) is 0.477. The van der Waals surface area contributed by atoms with Crippen LogP contribution < -0.4 is 15.4 Å². The van der Waals surface area contributed by atoms with E-state index in [1.807, 2.05) is 39.1 Å². The minimum atomic E-state index is -0.533. The highest BCUT2D eigenvalue weighted by Crippen LogP contribution is 2.21. The second kappa shape index (κ2) is 12.7. The van der Waals surface area contributed by atoms with E-state index in [1.54, 1.807) is 12.0 Å². The average Bonchev–Trinajstić information content (AvgIpc) is 2.84. The van der Waals surface area contributed by atoms with Gasteiger partial charge in [-0.25, -0.2) is 14.8 Å². The number of amides is 1. The molecule has 1 aliphatic rings. The van der Waals surface area contributed by atoms with Crippen molar-refractivity contribution in [2.75, 3.05) is 38.6 Å². The minimum absolute atomic E-state index is 0.154. The molecule has 0 bridgehead atoms. The predicted molar refractivity (Wildman–Crippen MR) is 139 cm³/mol. The van der Waals surface area contributed by atoms with Gasteiger partial charge in [0.1, 0.15) is 11.4 Å².